The summed E-state index contributed by atoms with van der Waals surface area (Å²) in [5, 5.41) is 4.63. The molecule has 2 rings (SSSR count). The highest BCUT2D eigenvalue weighted by Gasteiger charge is 2.35. The zero-order chi connectivity index (χ0) is 17.2. The lowest BCUT2D eigenvalue weighted by atomic mass is 10.1. The quantitative estimate of drug-likeness (QED) is 0.763. The summed E-state index contributed by atoms with van der Waals surface area (Å²) in [6.07, 6.45) is -0.854. The number of rotatable bonds is 3. The summed E-state index contributed by atoms with van der Waals surface area (Å²) in [6.45, 7) is 9.03. The minimum atomic E-state index is -4.17. The molecule has 0 unspecified atom stereocenters. The summed E-state index contributed by atoms with van der Waals surface area (Å²) in [6, 6.07) is 7.23. The zero-order valence-electron chi connectivity index (χ0n) is 13.8. The first-order valence-corrected chi connectivity index (χ1v) is 7.62. The van der Waals surface area contributed by atoms with Crippen LogP contribution in [0.2, 0.25) is 0 Å². The lowest BCUT2D eigenvalue weighted by Gasteiger charge is -2.17. The average Bonchev–Trinajstić information content (AvgIpc) is 2.55. The van der Waals surface area contributed by atoms with E-state index in [0.29, 0.717) is 5.69 Å². The van der Waals surface area contributed by atoms with Crippen molar-refractivity contribution >= 4 is 16.5 Å². The molecule has 0 aliphatic rings. The second kappa shape index (κ2) is 10.0. The number of nitrogens with one attached hydrogen (secondary N) is 1. The van der Waals surface area contributed by atoms with Crippen LogP contribution in [0.5, 0.6) is 0 Å². The largest absolute Gasteiger partial charge is 0.393 e. The van der Waals surface area contributed by atoms with Gasteiger partial charge in [0.05, 0.1) is 5.92 Å². The van der Waals surface area contributed by atoms with E-state index in [4.69, 9.17) is 0 Å². The Labute approximate surface area is 130 Å². The monoisotopic (exact) mass is 314 g/mol. The Morgan fingerprint density at radius 1 is 1.09 bits per heavy atom. The molecule has 0 saturated carbocycles. The maximum Gasteiger partial charge on any atom is 0.393 e. The first kappa shape index (κ1) is 20.2. The van der Waals surface area contributed by atoms with Gasteiger partial charge in [-0.15, -0.1) is 0 Å². The van der Waals surface area contributed by atoms with Crippen molar-refractivity contribution in [3.8, 4) is 0 Å². The molecule has 5 heteroatoms. The van der Waals surface area contributed by atoms with E-state index in [2.05, 4.69) is 10.3 Å². The molecule has 0 spiro atoms. The summed E-state index contributed by atoms with van der Waals surface area (Å²) in [5.74, 6) is -1.38. The summed E-state index contributed by atoms with van der Waals surface area (Å²) >= 11 is 0. The lowest BCUT2D eigenvalue weighted by Crippen LogP contribution is -2.26. The van der Waals surface area contributed by atoms with Crippen molar-refractivity contribution in [1.82, 2.24) is 4.98 Å². The Morgan fingerprint density at radius 2 is 1.73 bits per heavy atom. The van der Waals surface area contributed by atoms with Crippen LogP contribution >= 0.6 is 0 Å². The highest BCUT2D eigenvalue weighted by atomic mass is 19.4. The topological polar surface area (TPSA) is 24.9 Å². The number of alkyl halides is 3. The van der Waals surface area contributed by atoms with E-state index in [-0.39, 0.29) is 6.54 Å². The van der Waals surface area contributed by atoms with Gasteiger partial charge in [-0.2, -0.15) is 13.2 Å². The van der Waals surface area contributed by atoms with Crippen LogP contribution in [-0.2, 0) is 0 Å². The van der Waals surface area contributed by atoms with Gasteiger partial charge in [0.15, 0.2) is 0 Å². The van der Waals surface area contributed by atoms with Crippen LogP contribution < -0.4 is 5.32 Å². The fourth-order valence-electron chi connectivity index (χ4n) is 1.66. The van der Waals surface area contributed by atoms with Gasteiger partial charge in [0, 0.05) is 35.4 Å². The van der Waals surface area contributed by atoms with Crippen molar-refractivity contribution in [2.24, 2.45) is 5.92 Å². The molecule has 2 aromatic rings. The van der Waals surface area contributed by atoms with Crippen molar-refractivity contribution in [2.75, 3.05) is 11.9 Å². The molecule has 1 aromatic heterocycles. The lowest BCUT2D eigenvalue weighted by molar-refractivity contribution is -0.165. The summed E-state index contributed by atoms with van der Waals surface area (Å²) < 4.78 is 37.2. The summed E-state index contributed by atoms with van der Waals surface area (Å²) in [7, 11) is 0. The Bertz CT molecular complexity index is 533. The molecular formula is C17H25F3N2. The average molecular weight is 314 g/mol. The molecule has 0 saturated heterocycles. The number of hydrogen-bond donors (Lipinski definition) is 1. The molecule has 0 amide bonds. The molecule has 1 aromatic carbocycles. The van der Waals surface area contributed by atoms with Crippen molar-refractivity contribution < 1.29 is 13.2 Å². The van der Waals surface area contributed by atoms with Crippen molar-refractivity contribution in [3.05, 3.63) is 36.7 Å². The predicted octanol–water partition coefficient (Wildman–Crippen LogP) is 5.90. The smallest absolute Gasteiger partial charge is 0.384 e. The van der Waals surface area contributed by atoms with E-state index in [1.807, 2.05) is 33.8 Å². The highest BCUT2D eigenvalue weighted by Crippen LogP contribution is 2.27. The van der Waals surface area contributed by atoms with Gasteiger partial charge in [-0.1, -0.05) is 46.8 Å². The molecule has 1 N–H and O–H groups in total. The fraction of sp³-hybridized carbons (Fsp3) is 0.471. The maximum absolute atomic E-state index is 12.4. The fourth-order valence-corrected chi connectivity index (χ4v) is 1.66. The van der Waals surface area contributed by atoms with Gasteiger partial charge in [-0.3, -0.25) is 4.98 Å². The second-order valence-corrected chi connectivity index (χ2v) is 4.23. The third-order valence-corrected chi connectivity index (χ3v) is 2.84. The van der Waals surface area contributed by atoms with E-state index in [0.717, 1.165) is 10.8 Å². The molecule has 124 valence electrons. The van der Waals surface area contributed by atoms with Gasteiger partial charge in [-0.05, 0) is 12.1 Å². The summed E-state index contributed by atoms with van der Waals surface area (Å²) in [4.78, 5) is 3.98. The molecule has 0 bridgehead atoms. The van der Waals surface area contributed by atoms with Crippen LogP contribution in [-0.4, -0.2) is 17.7 Å². The first-order valence-electron chi connectivity index (χ1n) is 7.62. The maximum atomic E-state index is 12.4. The highest BCUT2D eigenvalue weighted by molar-refractivity contribution is 5.93. The first-order chi connectivity index (χ1) is 10.5. The standard InChI is InChI=1S/C13H13F3N2.2C2H6/c1-9(13(14,15)16)7-18-12-4-2-3-10-8-17-6-5-11(10)12;2*1-2/h2-6,8-9,18H,7H2,1H3;2*1-2H3/t9-;;/m0../s1. The van der Waals surface area contributed by atoms with Crippen molar-refractivity contribution in [2.45, 2.75) is 40.8 Å². The van der Waals surface area contributed by atoms with E-state index >= 15 is 0 Å². The van der Waals surface area contributed by atoms with Crippen LogP contribution in [0, 0.1) is 5.92 Å². The van der Waals surface area contributed by atoms with Gasteiger partial charge in [-0.25, -0.2) is 0 Å². The van der Waals surface area contributed by atoms with E-state index in [1.54, 1.807) is 30.6 Å². The number of anilines is 1. The Hall–Kier alpha value is -1.78. The number of hydrogen-bond acceptors (Lipinski definition) is 2. The predicted molar refractivity (Wildman–Crippen MR) is 88.1 cm³/mol. The minimum Gasteiger partial charge on any atom is -0.384 e. The Morgan fingerprint density at radius 3 is 2.32 bits per heavy atom. The minimum absolute atomic E-state index is 0.134. The molecule has 2 nitrogen and oxygen atoms in total. The van der Waals surface area contributed by atoms with Crippen molar-refractivity contribution in [3.63, 3.8) is 0 Å². The van der Waals surface area contributed by atoms with Crippen LogP contribution in [0.3, 0.4) is 0 Å². The number of halogens is 3. The number of nitrogens with zero attached hydrogens (tertiary/aromatic N) is 1. The summed E-state index contributed by atoms with van der Waals surface area (Å²) in [5.41, 5.74) is 0.700. The molecule has 1 heterocycles. The van der Waals surface area contributed by atoms with Gasteiger partial charge < -0.3 is 5.32 Å². The zero-order valence-corrected chi connectivity index (χ0v) is 13.8. The van der Waals surface area contributed by atoms with Crippen LogP contribution in [0.15, 0.2) is 36.7 Å². The van der Waals surface area contributed by atoms with E-state index < -0.39 is 12.1 Å². The van der Waals surface area contributed by atoms with Crippen LogP contribution in [0.25, 0.3) is 10.8 Å². The van der Waals surface area contributed by atoms with Crippen LogP contribution in [0.1, 0.15) is 34.6 Å². The molecule has 0 radical (unpaired) electrons. The number of pyridine rings is 1. The van der Waals surface area contributed by atoms with Gasteiger partial charge >= 0.3 is 6.18 Å². The van der Waals surface area contributed by atoms with Gasteiger partial charge in [0.1, 0.15) is 0 Å². The second-order valence-electron chi connectivity index (χ2n) is 4.23. The SMILES string of the molecule is CC.CC.C[C@@H](CNc1cccc2cnccc12)C(F)(F)F. The van der Waals surface area contributed by atoms with Crippen molar-refractivity contribution in [1.29, 1.82) is 0 Å². The normalized spacial score (nSPS) is 11.6. The molecular weight excluding hydrogens is 289 g/mol. The third-order valence-electron chi connectivity index (χ3n) is 2.84. The molecule has 1 atom stereocenters. The molecule has 0 fully saturated rings. The van der Waals surface area contributed by atoms with E-state index in [9.17, 15) is 13.2 Å². The van der Waals surface area contributed by atoms with Crippen LogP contribution in [0.4, 0.5) is 18.9 Å². The van der Waals surface area contributed by atoms with Gasteiger partial charge in [0.25, 0.3) is 0 Å². The number of aromatic nitrogens is 1. The number of benzene rings is 1. The molecule has 0 aliphatic carbocycles. The molecule has 22 heavy (non-hydrogen) atoms. The Kier molecular flexibility index (Phi) is 9.22. The molecule has 0 aliphatic heterocycles. The van der Waals surface area contributed by atoms with E-state index in [1.165, 1.54) is 6.92 Å². The van der Waals surface area contributed by atoms with Gasteiger partial charge in [0.2, 0.25) is 0 Å². The number of fused-ring (bicyclic) bond motifs is 1. The third kappa shape index (κ3) is 5.92. The Balaban J connectivity index is 0.00000102.